The van der Waals surface area contributed by atoms with E-state index in [1.54, 1.807) is 4.90 Å². The predicted molar refractivity (Wildman–Crippen MR) is 68.6 cm³/mol. The fraction of sp³-hybridized carbons (Fsp3) is 0.833. The van der Waals surface area contributed by atoms with Crippen LogP contribution in [0.1, 0.15) is 33.6 Å². The second-order valence-corrected chi connectivity index (χ2v) is 4.41. The Balaban J connectivity index is 4.50. The Labute approximate surface area is 108 Å². The molecule has 1 atom stereocenters. The number of carboxylic acid groups (broad SMARTS) is 1. The Morgan fingerprint density at radius 3 is 2.39 bits per heavy atom. The van der Waals surface area contributed by atoms with Crippen molar-refractivity contribution in [2.45, 2.75) is 45.7 Å². The number of nitrogens with one attached hydrogen (secondary N) is 1. The van der Waals surface area contributed by atoms with Gasteiger partial charge in [0.25, 0.3) is 0 Å². The van der Waals surface area contributed by atoms with Gasteiger partial charge >= 0.3 is 12.0 Å². The Hall–Kier alpha value is -1.30. The molecule has 6 nitrogen and oxygen atoms in total. The van der Waals surface area contributed by atoms with Gasteiger partial charge < -0.3 is 20.1 Å². The molecule has 0 aliphatic rings. The van der Waals surface area contributed by atoms with Gasteiger partial charge in [-0.2, -0.15) is 0 Å². The van der Waals surface area contributed by atoms with Crippen molar-refractivity contribution < 1.29 is 19.4 Å². The van der Waals surface area contributed by atoms with Crippen molar-refractivity contribution in [3.8, 4) is 0 Å². The molecule has 0 spiro atoms. The van der Waals surface area contributed by atoms with Gasteiger partial charge in [-0.15, -0.1) is 0 Å². The van der Waals surface area contributed by atoms with E-state index in [1.807, 2.05) is 20.8 Å². The lowest BCUT2D eigenvalue weighted by Crippen LogP contribution is -2.50. The van der Waals surface area contributed by atoms with Crippen LogP contribution in [0.3, 0.4) is 0 Å². The molecule has 2 N–H and O–H groups in total. The van der Waals surface area contributed by atoms with Crippen LogP contribution in [0.25, 0.3) is 0 Å². The molecule has 0 fully saturated rings. The quantitative estimate of drug-likeness (QED) is 0.689. The van der Waals surface area contributed by atoms with Crippen molar-refractivity contribution in [2.75, 3.05) is 20.3 Å². The van der Waals surface area contributed by atoms with Crippen LogP contribution < -0.4 is 5.32 Å². The minimum atomic E-state index is -1.04. The van der Waals surface area contributed by atoms with Crippen LogP contribution in [0.2, 0.25) is 0 Å². The molecule has 6 heteroatoms. The molecule has 0 aliphatic carbocycles. The second-order valence-electron chi connectivity index (χ2n) is 4.41. The lowest BCUT2D eigenvalue weighted by atomic mass is 10.2. The summed E-state index contributed by atoms with van der Waals surface area (Å²) in [4.78, 5) is 24.6. The van der Waals surface area contributed by atoms with E-state index in [0.717, 1.165) is 6.42 Å². The maximum absolute atomic E-state index is 12.0. The number of carboxylic acids is 1. The Morgan fingerprint density at radius 1 is 1.39 bits per heavy atom. The molecule has 0 heterocycles. The highest BCUT2D eigenvalue weighted by molar-refractivity contribution is 5.82. The lowest BCUT2D eigenvalue weighted by Gasteiger charge is -2.28. The van der Waals surface area contributed by atoms with Gasteiger partial charge in [0, 0.05) is 32.7 Å². The first kappa shape index (κ1) is 16.7. The van der Waals surface area contributed by atoms with E-state index in [4.69, 9.17) is 9.84 Å². The van der Waals surface area contributed by atoms with Gasteiger partial charge in [-0.05, 0) is 20.3 Å². The largest absolute Gasteiger partial charge is 0.480 e. The molecule has 0 radical (unpaired) electrons. The van der Waals surface area contributed by atoms with Gasteiger partial charge in [0.05, 0.1) is 0 Å². The van der Waals surface area contributed by atoms with E-state index in [2.05, 4.69) is 5.32 Å². The number of hydrogen-bond donors (Lipinski definition) is 2. The van der Waals surface area contributed by atoms with Crippen molar-refractivity contribution in [2.24, 2.45) is 0 Å². The van der Waals surface area contributed by atoms with Gasteiger partial charge in [0.1, 0.15) is 6.04 Å². The molecular formula is C12H24N2O4. The molecule has 0 aromatic carbocycles. The summed E-state index contributed by atoms with van der Waals surface area (Å²) in [5.74, 6) is -1.04. The standard InChI is InChI=1S/C12H24N2O4/c1-5-7-14(9(2)3)12(17)13-10(11(15)16)6-8-18-4/h9-10H,5-8H2,1-4H3,(H,13,17)(H,15,16). The zero-order valence-electron chi connectivity index (χ0n) is 11.6. The summed E-state index contributed by atoms with van der Waals surface area (Å²) in [7, 11) is 1.50. The Bertz CT molecular complexity index is 269. The molecule has 0 rings (SSSR count). The Kier molecular flexibility index (Phi) is 8.11. The molecule has 18 heavy (non-hydrogen) atoms. The first-order valence-electron chi connectivity index (χ1n) is 6.22. The molecule has 0 bridgehead atoms. The molecular weight excluding hydrogens is 236 g/mol. The molecule has 1 unspecified atom stereocenters. The number of amides is 2. The summed E-state index contributed by atoms with van der Waals surface area (Å²) in [5.41, 5.74) is 0. The van der Waals surface area contributed by atoms with Gasteiger partial charge in [0.2, 0.25) is 0 Å². The fourth-order valence-corrected chi connectivity index (χ4v) is 1.56. The third kappa shape index (κ3) is 5.86. The van der Waals surface area contributed by atoms with Crippen molar-refractivity contribution in [3.05, 3.63) is 0 Å². The maximum Gasteiger partial charge on any atom is 0.326 e. The first-order valence-corrected chi connectivity index (χ1v) is 6.22. The number of hydrogen-bond acceptors (Lipinski definition) is 3. The summed E-state index contributed by atoms with van der Waals surface area (Å²) in [6, 6.07) is -1.20. The molecule has 0 saturated heterocycles. The number of methoxy groups -OCH3 is 1. The van der Waals surface area contributed by atoms with Gasteiger partial charge in [0.15, 0.2) is 0 Å². The topological polar surface area (TPSA) is 78.9 Å². The minimum Gasteiger partial charge on any atom is -0.480 e. The molecule has 2 amide bonds. The van der Waals surface area contributed by atoms with E-state index in [1.165, 1.54) is 7.11 Å². The molecule has 0 aromatic rings. The number of urea groups is 1. The Morgan fingerprint density at radius 2 is 2.00 bits per heavy atom. The molecule has 0 aliphatic heterocycles. The van der Waals surface area contributed by atoms with Crippen molar-refractivity contribution in [3.63, 3.8) is 0 Å². The zero-order valence-corrected chi connectivity index (χ0v) is 11.6. The average molecular weight is 260 g/mol. The number of carbonyl (C=O) groups excluding carboxylic acids is 1. The van der Waals surface area contributed by atoms with E-state index in [0.29, 0.717) is 13.2 Å². The van der Waals surface area contributed by atoms with Crippen molar-refractivity contribution >= 4 is 12.0 Å². The van der Waals surface area contributed by atoms with Crippen LogP contribution in [0.5, 0.6) is 0 Å². The molecule has 106 valence electrons. The SMILES string of the molecule is CCCN(C(=O)NC(CCOC)C(=O)O)C(C)C. The average Bonchev–Trinajstić information content (AvgIpc) is 2.30. The number of nitrogens with zero attached hydrogens (tertiary/aromatic N) is 1. The number of carbonyl (C=O) groups is 2. The fourth-order valence-electron chi connectivity index (χ4n) is 1.56. The van der Waals surface area contributed by atoms with E-state index in [-0.39, 0.29) is 18.5 Å². The number of rotatable bonds is 8. The maximum atomic E-state index is 12.0. The molecule has 0 aromatic heterocycles. The smallest absolute Gasteiger partial charge is 0.326 e. The van der Waals surface area contributed by atoms with Crippen LogP contribution in [0, 0.1) is 0 Å². The number of ether oxygens (including phenoxy) is 1. The first-order chi connectivity index (χ1) is 8.43. The van der Waals surface area contributed by atoms with Crippen LogP contribution in [0.15, 0.2) is 0 Å². The summed E-state index contributed by atoms with van der Waals surface area (Å²) >= 11 is 0. The van der Waals surface area contributed by atoms with Gasteiger partial charge in [-0.25, -0.2) is 9.59 Å². The normalized spacial score (nSPS) is 12.3. The highest BCUT2D eigenvalue weighted by Crippen LogP contribution is 2.02. The highest BCUT2D eigenvalue weighted by Gasteiger charge is 2.23. The summed E-state index contributed by atoms with van der Waals surface area (Å²) in [5, 5.41) is 11.5. The third-order valence-electron chi connectivity index (χ3n) is 2.56. The summed E-state index contributed by atoms with van der Waals surface area (Å²) in [6.07, 6.45) is 1.09. The van der Waals surface area contributed by atoms with Crippen LogP contribution in [-0.4, -0.2) is 54.4 Å². The monoisotopic (exact) mass is 260 g/mol. The van der Waals surface area contributed by atoms with Crippen LogP contribution in [-0.2, 0) is 9.53 Å². The third-order valence-corrected chi connectivity index (χ3v) is 2.56. The molecule has 0 saturated carbocycles. The van der Waals surface area contributed by atoms with Crippen molar-refractivity contribution in [1.82, 2.24) is 10.2 Å². The zero-order chi connectivity index (χ0) is 14.1. The van der Waals surface area contributed by atoms with Gasteiger partial charge in [-0.3, -0.25) is 0 Å². The van der Waals surface area contributed by atoms with Crippen molar-refractivity contribution in [1.29, 1.82) is 0 Å². The summed E-state index contributed by atoms with van der Waals surface area (Å²) in [6.45, 7) is 6.69. The number of aliphatic carboxylic acids is 1. The highest BCUT2D eigenvalue weighted by atomic mass is 16.5. The van der Waals surface area contributed by atoms with E-state index < -0.39 is 12.0 Å². The predicted octanol–water partition coefficient (Wildman–Crippen LogP) is 1.31. The van der Waals surface area contributed by atoms with Gasteiger partial charge in [-0.1, -0.05) is 6.92 Å². The minimum absolute atomic E-state index is 0.0434. The van der Waals surface area contributed by atoms with E-state index in [9.17, 15) is 9.59 Å². The lowest BCUT2D eigenvalue weighted by molar-refractivity contribution is -0.139. The van der Waals surface area contributed by atoms with Crippen LogP contribution >= 0.6 is 0 Å². The summed E-state index contributed by atoms with van der Waals surface area (Å²) < 4.78 is 4.83. The van der Waals surface area contributed by atoms with E-state index >= 15 is 0 Å². The van der Waals surface area contributed by atoms with Crippen LogP contribution in [0.4, 0.5) is 4.79 Å². The second kappa shape index (κ2) is 8.74.